The van der Waals surface area contributed by atoms with Crippen molar-refractivity contribution >= 4 is 11.6 Å². The second-order valence-electron chi connectivity index (χ2n) is 5.62. The zero-order valence-electron chi connectivity index (χ0n) is 13.0. The molecule has 0 bridgehead atoms. The van der Waals surface area contributed by atoms with Gasteiger partial charge in [-0.15, -0.1) is 0 Å². The van der Waals surface area contributed by atoms with Crippen LogP contribution in [-0.4, -0.2) is 24.9 Å². The first kappa shape index (κ1) is 16.5. The predicted octanol–water partition coefficient (Wildman–Crippen LogP) is 3.16. The predicted molar refractivity (Wildman–Crippen MR) is 88.0 cm³/mol. The van der Waals surface area contributed by atoms with Gasteiger partial charge >= 0.3 is 0 Å². The molecule has 0 fully saturated rings. The Kier molecular flexibility index (Phi) is 4.59. The highest BCUT2D eigenvalue weighted by Crippen LogP contribution is 2.41. The van der Waals surface area contributed by atoms with Gasteiger partial charge in [-0.2, -0.15) is 5.10 Å². The van der Waals surface area contributed by atoms with Crippen LogP contribution in [0.5, 0.6) is 0 Å². The second-order valence-corrected chi connectivity index (χ2v) is 6.02. The van der Waals surface area contributed by atoms with E-state index in [4.69, 9.17) is 11.6 Å². The quantitative estimate of drug-likeness (QED) is 0.770. The molecule has 0 aliphatic rings. The van der Waals surface area contributed by atoms with E-state index in [9.17, 15) is 9.50 Å². The Labute approximate surface area is 143 Å². The number of aliphatic hydroxyl groups is 1. The Morgan fingerprint density at radius 2 is 2.08 bits per heavy atom. The lowest BCUT2D eigenvalue weighted by Crippen LogP contribution is -2.38. The molecule has 0 aliphatic carbocycles. The number of benzene rings is 1. The number of hydrogen-bond acceptors (Lipinski definition) is 4. The smallest absolute Gasteiger partial charge is 0.145 e. The van der Waals surface area contributed by atoms with E-state index in [-0.39, 0.29) is 6.54 Å². The van der Waals surface area contributed by atoms with Crippen LogP contribution in [0.4, 0.5) is 4.39 Å². The van der Waals surface area contributed by atoms with E-state index >= 15 is 0 Å². The topological polar surface area (TPSA) is 63.8 Å². The molecule has 3 rings (SSSR count). The maximum Gasteiger partial charge on any atom is 0.145 e. The van der Waals surface area contributed by atoms with Crippen molar-refractivity contribution in [3.8, 4) is 0 Å². The first-order valence-electron chi connectivity index (χ1n) is 7.41. The summed E-state index contributed by atoms with van der Waals surface area (Å²) in [5.74, 6) is -1.07. The van der Waals surface area contributed by atoms with Crippen molar-refractivity contribution in [3.05, 3.63) is 77.3 Å². The van der Waals surface area contributed by atoms with Gasteiger partial charge in [0.2, 0.25) is 0 Å². The van der Waals surface area contributed by atoms with Gasteiger partial charge in [0.25, 0.3) is 0 Å². The molecule has 3 aromatic rings. The minimum Gasteiger partial charge on any atom is -0.383 e. The third kappa shape index (κ3) is 3.02. The molecule has 2 heterocycles. The van der Waals surface area contributed by atoms with E-state index < -0.39 is 17.3 Å². The average molecular weight is 347 g/mol. The Balaban J connectivity index is 2.11. The summed E-state index contributed by atoms with van der Waals surface area (Å²) >= 11 is 6.31. The number of pyridine rings is 1. The van der Waals surface area contributed by atoms with Crippen LogP contribution in [0, 0.1) is 5.82 Å². The van der Waals surface area contributed by atoms with Crippen molar-refractivity contribution in [2.24, 2.45) is 0 Å². The van der Waals surface area contributed by atoms with Gasteiger partial charge in [0.15, 0.2) is 0 Å². The fourth-order valence-electron chi connectivity index (χ4n) is 2.82. The molecular formula is C17H16ClFN4O. The van der Waals surface area contributed by atoms with Gasteiger partial charge in [-0.05, 0) is 17.7 Å². The van der Waals surface area contributed by atoms with Gasteiger partial charge in [-0.1, -0.05) is 36.7 Å². The van der Waals surface area contributed by atoms with Crippen molar-refractivity contribution in [1.82, 2.24) is 19.7 Å². The summed E-state index contributed by atoms with van der Waals surface area (Å²) in [4.78, 5) is 7.66. The maximum absolute atomic E-state index is 14.2. The van der Waals surface area contributed by atoms with Crippen LogP contribution in [0.1, 0.15) is 24.0 Å². The molecule has 5 nitrogen and oxygen atoms in total. The number of aromatic nitrogens is 4. The summed E-state index contributed by atoms with van der Waals surface area (Å²) in [5.41, 5.74) is -0.618. The van der Waals surface area contributed by atoms with Gasteiger partial charge < -0.3 is 5.11 Å². The van der Waals surface area contributed by atoms with Crippen LogP contribution in [0.15, 0.2) is 55.4 Å². The highest BCUT2D eigenvalue weighted by molar-refractivity contribution is 6.31. The van der Waals surface area contributed by atoms with Crippen molar-refractivity contribution in [2.75, 3.05) is 0 Å². The lowest BCUT2D eigenvalue weighted by atomic mass is 9.78. The van der Waals surface area contributed by atoms with Crippen LogP contribution in [0.25, 0.3) is 0 Å². The van der Waals surface area contributed by atoms with Crippen LogP contribution < -0.4 is 0 Å². The fraction of sp³-hybridized carbons (Fsp3) is 0.235. The third-order valence-electron chi connectivity index (χ3n) is 4.20. The Morgan fingerprint density at radius 3 is 2.75 bits per heavy atom. The van der Waals surface area contributed by atoms with Gasteiger partial charge in [0, 0.05) is 22.7 Å². The third-order valence-corrected chi connectivity index (χ3v) is 4.53. The number of nitrogens with zero attached hydrogens (tertiary/aromatic N) is 4. The van der Waals surface area contributed by atoms with E-state index in [1.807, 2.05) is 0 Å². The van der Waals surface area contributed by atoms with Crippen molar-refractivity contribution in [1.29, 1.82) is 0 Å². The molecule has 1 aromatic carbocycles. The molecule has 2 atom stereocenters. The van der Waals surface area contributed by atoms with Crippen molar-refractivity contribution in [3.63, 3.8) is 0 Å². The molecule has 0 amide bonds. The number of hydrogen-bond donors (Lipinski definition) is 1. The van der Waals surface area contributed by atoms with Gasteiger partial charge in [-0.3, -0.25) is 4.98 Å². The Bertz CT molecular complexity index is 827. The van der Waals surface area contributed by atoms with E-state index in [0.717, 1.165) is 6.20 Å². The number of halogens is 2. The fourth-order valence-corrected chi connectivity index (χ4v) is 3.12. The first-order valence-corrected chi connectivity index (χ1v) is 7.79. The summed E-state index contributed by atoms with van der Waals surface area (Å²) < 4.78 is 15.7. The average Bonchev–Trinajstić information content (AvgIpc) is 3.07. The zero-order valence-corrected chi connectivity index (χ0v) is 13.7. The summed E-state index contributed by atoms with van der Waals surface area (Å²) in [6.07, 6.45) is 5.51. The molecule has 0 saturated heterocycles. The SMILES string of the molecule is C[C@@H](c1ccncc1F)[C@](O)(Cn1cncn1)c1ccccc1Cl. The lowest BCUT2D eigenvalue weighted by molar-refractivity contribution is -0.00886. The summed E-state index contributed by atoms with van der Waals surface area (Å²) in [6.45, 7) is 1.83. The minimum absolute atomic E-state index is 0.0830. The lowest BCUT2D eigenvalue weighted by Gasteiger charge is -2.35. The van der Waals surface area contributed by atoms with Crippen LogP contribution in [0.2, 0.25) is 5.02 Å². The van der Waals surface area contributed by atoms with E-state index in [1.165, 1.54) is 23.5 Å². The minimum atomic E-state index is -1.48. The first-order chi connectivity index (χ1) is 11.5. The highest BCUT2D eigenvalue weighted by Gasteiger charge is 2.40. The molecule has 124 valence electrons. The monoisotopic (exact) mass is 346 g/mol. The van der Waals surface area contributed by atoms with E-state index in [2.05, 4.69) is 15.1 Å². The van der Waals surface area contributed by atoms with Gasteiger partial charge in [0.1, 0.15) is 24.1 Å². The van der Waals surface area contributed by atoms with E-state index in [0.29, 0.717) is 16.1 Å². The molecule has 7 heteroatoms. The molecule has 24 heavy (non-hydrogen) atoms. The molecule has 0 unspecified atom stereocenters. The molecule has 0 saturated carbocycles. The standard InChI is InChI=1S/C17H16ClFN4O/c1-12(13-6-7-20-8-16(13)19)17(24,9-23-11-21-10-22-23)14-4-2-3-5-15(14)18/h2-8,10-12,24H,9H2,1H3/t12-,17+/m0/s1. The molecule has 0 radical (unpaired) electrons. The summed E-state index contributed by atoms with van der Waals surface area (Å²) in [6, 6.07) is 8.54. The normalized spacial score (nSPS) is 15.0. The van der Waals surface area contributed by atoms with E-state index in [1.54, 1.807) is 37.3 Å². The summed E-state index contributed by atoms with van der Waals surface area (Å²) in [5, 5.41) is 16.0. The number of rotatable bonds is 5. The van der Waals surface area contributed by atoms with Crippen molar-refractivity contribution < 1.29 is 9.50 Å². The van der Waals surface area contributed by atoms with Crippen LogP contribution in [0.3, 0.4) is 0 Å². The molecule has 0 aliphatic heterocycles. The molecular weight excluding hydrogens is 331 g/mol. The van der Waals surface area contributed by atoms with Gasteiger partial charge in [-0.25, -0.2) is 14.1 Å². The Morgan fingerprint density at radius 1 is 1.29 bits per heavy atom. The highest BCUT2D eigenvalue weighted by atomic mass is 35.5. The molecule has 1 N–H and O–H groups in total. The Hall–Kier alpha value is -2.31. The summed E-state index contributed by atoms with van der Waals surface area (Å²) in [7, 11) is 0. The van der Waals surface area contributed by atoms with Crippen LogP contribution >= 0.6 is 11.6 Å². The largest absolute Gasteiger partial charge is 0.383 e. The second kappa shape index (κ2) is 6.67. The van der Waals surface area contributed by atoms with Crippen LogP contribution in [-0.2, 0) is 12.1 Å². The van der Waals surface area contributed by atoms with Gasteiger partial charge in [0.05, 0.1) is 12.7 Å². The molecule has 2 aromatic heterocycles. The maximum atomic E-state index is 14.2. The zero-order chi connectivity index (χ0) is 17.2. The molecule has 0 spiro atoms. The van der Waals surface area contributed by atoms with Crippen molar-refractivity contribution in [2.45, 2.75) is 25.0 Å².